The Morgan fingerprint density at radius 2 is 1.58 bits per heavy atom. The molecule has 2 N–H and O–H groups in total. The summed E-state index contributed by atoms with van der Waals surface area (Å²) in [5.74, 6) is 0.862. The number of halogens is 1. The van der Waals surface area contributed by atoms with Crippen LogP contribution in [0.5, 0.6) is 0 Å². The van der Waals surface area contributed by atoms with Crippen LogP contribution in [0.1, 0.15) is 23.6 Å². The fraction of sp³-hybridized carbons (Fsp3) is 0.458. The Labute approximate surface area is 203 Å². The molecule has 0 bridgehead atoms. The van der Waals surface area contributed by atoms with Crippen LogP contribution in [0.15, 0.2) is 59.6 Å². The predicted octanol–water partition coefficient (Wildman–Crippen LogP) is 3.41. The Morgan fingerprint density at radius 1 is 0.935 bits per heavy atom. The molecule has 1 aliphatic rings. The molecule has 1 fully saturated rings. The standard InChI is InChI=1S/C24H34N4O2.HI/c1-2-25-24(26-12-13-28-14-16-29-17-15-28)27-18-21-8-10-23(11-9-21)20-30-19-22-6-4-3-5-7-22;/h3-11H,2,12-20H2,1H3,(H2,25,26,27);1H. The van der Waals surface area contributed by atoms with Gasteiger partial charge in [-0.1, -0.05) is 54.6 Å². The molecule has 1 aliphatic heterocycles. The Hall–Kier alpha value is -1.68. The largest absolute Gasteiger partial charge is 0.379 e. The van der Waals surface area contributed by atoms with Gasteiger partial charge in [-0.15, -0.1) is 24.0 Å². The van der Waals surface area contributed by atoms with E-state index in [0.29, 0.717) is 19.8 Å². The van der Waals surface area contributed by atoms with Crippen LogP contribution in [0.2, 0.25) is 0 Å². The lowest BCUT2D eigenvalue weighted by atomic mass is 10.1. The van der Waals surface area contributed by atoms with Crippen molar-refractivity contribution in [3.8, 4) is 0 Å². The number of nitrogens with zero attached hydrogens (tertiary/aromatic N) is 2. The summed E-state index contributed by atoms with van der Waals surface area (Å²) < 4.78 is 11.2. The Morgan fingerprint density at radius 3 is 2.26 bits per heavy atom. The molecule has 0 saturated carbocycles. The number of ether oxygens (including phenoxy) is 2. The molecule has 0 atom stereocenters. The minimum Gasteiger partial charge on any atom is -0.379 e. The highest BCUT2D eigenvalue weighted by atomic mass is 127. The minimum absolute atomic E-state index is 0. The second-order valence-electron chi connectivity index (χ2n) is 7.37. The van der Waals surface area contributed by atoms with Gasteiger partial charge in [0.25, 0.3) is 0 Å². The van der Waals surface area contributed by atoms with Crippen LogP contribution >= 0.6 is 24.0 Å². The summed E-state index contributed by atoms with van der Waals surface area (Å²) in [6, 6.07) is 18.7. The number of benzene rings is 2. The normalized spacial score (nSPS) is 14.7. The van der Waals surface area contributed by atoms with E-state index in [1.54, 1.807) is 0 Å². The van der Waals surface area contributed by atoms with Gasteiger partial charge in [0.1, 0.15) is 0 Å². The SMILES string of the molecule is CCNC(=NCc1ccc(COCc2ccccc2)cc1)NCCN1CCOCC1.I. The second kappa shape index (κ2) is 15.2. The lowest BCUT2D eigenvalue weighted by Gasteiger charge is -2.26. The molecule has 0 unspecified atom stereocenters. The van der Waals surface area contributed by atoms with Crippen LogP contribution in [0.25, 0.3) is 0 Å². The van der Waals surface area contributed by atoms with Crippen molar-refractivity contribution in [2.75, 3.05) is 45.9 Å². The van der Waals surface area contributed by atoms with Crippen molar-refractivity contribution < 1.29 is 9.47 Å². The predicted molar refractivity (Wildman–Crippen MR) is 137 cm³/mol. The van der Waals surface area contributed by atoms with Gasteiger partial charge in [-0.05, 0) is 23.6 Å². The minimum atomic E-state index is 0. The van der Waals surface area contributed by atoms with Gasteiger partial charge < -0.3 is 20.1 Å². The molecular weight excluding hydrogens is 503 g/mol. The van der Waals surface area contributed by atoms with E-state index in [2.05, 4.69) is 58.9 Å². The molecule has 2 aromatic carbocycles. The maximum atomic E-state index is 5.81. The van der Waals surface area contributed by atoms with Crippen molar-refractivity contribution in [2.45, 2.75) is 26.7 Å². The van der Waals surface area contributed by atoms with Gasteiger partial charge in [0, 0.05) is 32.7 Å². The number of hydrogen-bond donors (Lipinski definition) is 2. The van der Waals surface area contributed by atoms with E-state index in [4.69, 9.17) is 14.5 Å². The van der Waals surface area contributed by atoms with Crippen LogP contribution in [0, 0.1) is 0 Å². The maximum absolute atomic E-state index is 5.81. The smallest absolute Gasteiger partial charge is 0.191 e. The zero-order valence-corrected chi connectivity index (χ0v) is 20.7. The van der Waals surface area contributed by atoms with Crippen molar-refractivity contribution in [1.82, 2.24) is 15.5 Å². The molecule has 0 amide bonds. The summed E-state index contributed by atoms with van der Waals surface area (Å²) in [6.07, 6.45) is 0. The molecule has 0 aliphatic carbocycles. The van der Waals surface area contributed by atoms with Crippen molar-refractivity contribution >= 4 is 29.9 Å². The lowest BCUT2D eigenvalue weighted by molar-refractivity contribution is 0.0389. The van der Waals surface area contributed by atoms with Gasteiger partial charge in [-0.2, -0.15) is 0 Å². The summed E-state index contributed by atoms with van der Waals surface area (Å²) in [6.45, 7) is 10.4. The number of guanidine groups is 1. The highest BCUT2D eigenvalue weighted by Gasteiger charge is 2.09. The molecule has 7 heteroatoms. The first-order valence-corrected chi connectivity index (χ1v) is 10.9. The highest BCUT2D eigenvalue weighted by Crippen LogP contribution is 2.09. The summed E-state index contributed by atoms with van der Waals surface area (Å²) >= 11 is 0. The van der Waals surface area contributed by atoms with Crippen molar-refractivity contribution in [3.63, 3.8) is 0 Å². The molecule has 6 nitrogen and oxygen atoms in total. The third-order valence-electron chi connectivity index (χ3n) is 4.99. The third kappa shape index (κ3) is 9.99. The maximum Gasteiger partial charge on any atom is 0.191 e. The van der Waals surface area contributed by atoms with Gasteiger partial charge in [0.05, 0.1) is 33.0 Å². The summed E-state index contributed by atoms with van der Waals surface area (Å²) in [4.78, 5) is 7.13. The number of rotatable bonds is 10. The number of hydrogen-bond acceptors (Lipinski definition) is 4. The fourth-order valence-electron chi connectivity index (χ4n) is 3.27. The molecule has 0 aromatic heterocycles. The van der Waals surface area contributed by atoms with Crippen molar-refractivity contribution in [1.29, 1.82) is 0 Å². The zero-order chi connectivity index (χ0) is 20.9. The van der Waals surface area contributed by atoms with Crippen LogP contribution in [0.3, 0.4) is 0 Å². The third-order valence-corrected chi connectivity index (χ3v) is 4.99. The van der Waals surface area contributed by atoms with Gasteiger partial charge in [0.2, 0.25) is 0 Å². The lowest BCUT2D eigenvalue weighted by Crippen LogP contribution is -2.44. The average Bonchev–Trinajstić information content (AvgIpc) is 2.80. The zero-order valence-electron chi connectivity index (χ0n) is 18.4. The topological polar surface area (TPSA) is 58.1 Å². The van der Waals surface area contributed by atoms with E-state index in [1.165, 1.54) is 16.7 Å². The fourth-order valence-corrected chi connectivity index (χ4v) is 3.27. The first kappa shape index (κ1) is 25.6. The van der Waals surface area contributed by atoms with Gasteiger partial charge in [-0.3, -0.25) is 4.90 Å². The van der Waals surface area contributed by atoms with Crippen LogP contribution in [0.4, 0.5) is 0 Å². The summed E-state index contributed by atoms with van der Waals surface area (Å²) in [5.41, 5.74) is 3.56. The summed E-state index contributed by atoms with van der Waals surface area (Å²) in [7, 11) is 0. The molecule has 0 radical (unpaired) electrons. The first-order chi connectivity index (χ1) is 14.8. The quantitative estimate of drug-likeness (QED) is 0.276. The van der Waals surface area contributed by atoms with Gasteiger partial charge in [0.15, 0.2) is 5.96 Å². The molecule has 1 saturated heterocycles. The Kier molecular flexibility index (Phi) is 12.5. The summed E-state index contributed by atoms with van der Waals surface area (Å²) in [5, 5.41) is 6.75. The van der Waals surface area contributed by atoms with Crippen LogP contribution < -0.4 is 10.6 Å². The Bertz CT molecular complexity index is 750. The van der Waals surface area contributed by atoms with E-state index in [-0.39, 0.29) is 24.0 Å². The van der Waals surface area contributed by atoms with E-state index in [1.807, 2.05) is 18.2 Å². The van der Waals surface area contributed by atoms with Gasteiger partial charge >= 0.3 is 0 Å². The first-order valence-electron chi connectivity index (χ1n) is 10.9. The molecule has 3 rings (SSSR count). The molecular formula is C24H35IN4O2. The number of aliphatic imine (C=N–C) groups is 1. The van der Waals surface area contributed by atoms with Crippen LogP contribution in [-0.2, 0) is 29.2 Å². The highest BCUT2D eigenvalue weighted by molar-refractivity contribution is 14.0. The van der Waals surface area contributed by atoms with E-state index in [0.717, 1.165) is 51.9 Å². The van der Waals surface area contributed by atoms with E-state index in [9.17, 15) is 0 Å². The molecule has 31 heavy (non-hydrogen) atoms. The number of morpholine rings is 1. The van der Waals surface area contributed by atoms with Crippen molar-refractivity contribution in [2.24, 2.45) is 4.99 Å². The molecule has 1 heterocycles. The van der Waals surface area contributed by atoms with Crippen molar-refractivity contribution in [3.05, 3.63) is 71.3 Å². The van der Waals surface area contributed by atoms with E-state index >= 15 is 0 Å². The van der Waals surface area contributed by atoms with Crippen LogP contribution in [-0.4, -0.2) is 56.8 Å². The van der Waals surface area contributed by atoms with E-state index < -0.39 is 0 Å². The average molecular weight is 538 g/mol. The second-order valence-corrected chi connectivity index (χ2v) is 7.37. The number of nitrogens with one attached hydrogen (secondary N) is 2. The molecule has 170 valence electrons. The molecule has 2 aromatic rings. The van der Waals surface area contributed by atoms with Gasteiger partial charge in [-0.25, -0.2) is 4.99 Å². The monoisotopic (exact) mass is 538 g/mol. The molecule has 0 spiro atoms. The Balaban J connectivity index is 0.00000341.